The SMILES string of the molecule is N[C@H]1CCc2ncc(CCN[C@H](c3ccccc3)[C@H]3CNc4cccnc4C3)cc21.O=CO. The zero-order valence-electron chi connectivity index (χ0n) is 18.7. The maximum absolute atomic E-state index is 8.36. The topological polar surface area (TPSA) is 113 Å². The third-order valence-corrected chi connectivity index (χ3v) is 6.46. The third-order valence-electron chi connectivity index (χ3n) is 6.46. The highest BCUT2D eigenvalue weighted by molar-refractivity contribution is 5.50. The van der Waals surface area contributed by atoms with Crippen LogP contribution < -0.4 is 16.4 Å². The first kappa shape index (κ1) is 22.9. The van der Waals surface area contributed by atoms with E-state index in [1.54, 1.807) is 0 Å². The summed E-state index contributed by atoms with van der Waals surface area (Å²) in [6.45, 7) is 1.60. The van der Waals surface area contributed by atoms with E-state index in [0.717, 1.165) is 44.5 Å². The minimum atomic E-state index is -0.250. The van der Waals surface area contributed by atoms with Crippen LogP contribution in [0.2, 0.25) is 0 Å². The van der Waals surface area contributed by atoms with Gasteiger partial charge in [-0.1, -0.05) is 36.4 Å². The molecule has 0 saturated heterocycles. The Hall–Kier alpha value is -3.29. The zero-order valence-corrected chi connectivity index (χ0v) is 18.7. The number of anilines is 1. The summed E-state index contributed by atoms with van der Waals surface area (Å²) in [6.07, 6.45) is 7.87. The standard InChI is InChI=1S/C25H29N5.CH2O2/c26-21-8-9-22-20(21)13-17(15-29-22)10-12-28-25(18-5-2-1-3-6-18)19-14-24-23(30-16-19)7-4-11-27-24;2-1-3/h1-7,11,13,15,19,21,25,28,30H,8-10,12,14,16,26H2;1H,(H,2,3)/t19-,21+,25-;/m1./s1. The number of rotatable bonds is 6. The molecule has 0 radical (unpaired) electrons. The molecule has 33 heavy (non-hydrogen) atoms. The summed E-state index contributed by atoms with van der Waals surface area (Å²) in [5, 5.41) is 14.3. The molecule has 0 saturated carbocycles. The molecule has 0 spiro atoms. The molecule has 5 rings (SSSR count). The maximum Gasteiger partial charge on any atom is 0.290 e. The Labute approximate surface area is 194 Å². The molecule has 0 fully saturated rings. The van der Waals surface area contributed by atoms with Crippen molar-refractivity contribution < 1.29 is 9.90 Å². The predicted molar refractivity (Wildman–Crippen MR) is 129 cm³/mol. The van der Waals surface area contributed by atoms with E-state index < -0.39 is 0 Å². The van der Waals surface area contributed by atoms with Crippen molar-refractivity contribution in [2.75, 3.05) is 18.4 Å². The third kappa shape index (κ3) is 5.56. The number of aromatic nitrogens is 2. The molecule has 7 nitrogen and oxygen atoms in total. The first-order chi connectivity index (χ1) is 16.2. The van der Waals surface area contributed by atoms with Crippen molar-refractivity contribution in [2.24, 2.45) is 11.7 Å². The van der Waals surface area contributed by atoms with Crippen LogP contribution in [0.25, 0.3) is 0 Å². The number of benzene rings is 1. The highest BCUT2D eigenvalue weighted by Crippen LogP contribution is 2.31. The largest absolute Gasteiger partial charge is 0.483 e. The Balaban J connectivity index is 0.000000821. The van der Waals surface area contributed by atoms with Gasteiger partial charge < -0.3 is 21.5 Å². The van der Waals surface area contributed by atoms with Crippen LogP contribution in [0, 0.1) is 5.92 Å². The highest BCUT2D eigenvalue weighted by atomic mass is 16.3. The monoisotopic (exact) mass is 445 g/mol. The summed E-state index contributed by atoms with van der Waals surface area (Å²) in [5.74, 6) is 0.446. The molecule has 172 valence electrons. The molecule has 0 bridgehead atoms. The number of pyridine rings is 2. The number of nitrogens with zero attached hydrogens (tertiary/aromatic N) is 2. The van der Waals surface area contributed by atoms with Gasteiger partial charge in [-0.05, 0) is 61.1 Å². The Morgan fingerprint density at radius 2 is 2.00 bits per heavy atom. The van der Waals surface area contributed by atoms with Gasteiger partial charge in [0.05, 0.1) is 11.4 Å². The van der Waals surface area contributed by atoms with Gasteiger partial charge in [-0.2, -0.15) is 0 Å². The molecule has 2 aliphatic rings. The summed E-state index contributed by atoms with van der Waals surface area (Å²) in [5.41, 5.74) is 13.6. The van der Waals surface area contributed by atoms with Gasteiger partial charge in [-0.3, -0.25) is 14.8 Å². The van der Waals surface area contributed by atoms with Crippen molar-refractivity contribution >= 4 is 12.2 Å². The van der Waals surface area contributed by atoms with Crippen molar-refractivity contribution in [1.29, 1.82) is 0 Å². The average Bonchev–Trinajstić information content (AvgIpc) is 3.23. The number of carboxylic acid groups (broad SMARTS) is 1. The molecule has 0 unspecified atom stereocenters. The molecule has 2 aromatic heterocycles. The summed E-state index contributed by atoms with van der Waals surface area (Å²) in [7, 11) is 0. The van der Waals surface area contributed by atoms with Gasteiger partial charge in [0.25, 0.3) is 6.47 Å². The van der Waals surface area contributed by atoms with Gasteiger partial charge in [-0.25, -0.2) is 0 Å². The van der Waals surface area contributed by atoms with E-state index in [-0.39, 0.29) is 18.6 Å². The van der Waals surface area contributed by atoms with Crippen LogP contribution in [0.4, 0.5) is 5.69 Å². The summed E-state index contributed by atoms with van der Waals surface area (Å²) in [4.78, 5) is 17.6. The van der Waals surface area contributed by atoms with E-state index in [2.05, 4.69) is 63.1 Å². The van der Waals surface area contributed by atoms with Gasteiger partial charge >= 0.3 is 0 Å². The quantitative estimate of drug-likeness (QED) is 0.431. The second-order valence-corrected chi connectivity index (χ2v) is 8.57. The van der Waals surface area contributed by atoms with Gasteiger partial charge in [0.1, 0.15) is 0 Å². The maximum atomic E-state index is 8.36. The van der Waals surface area contributed by atoms with E-state index in [1.165, 1.54) is 28.1 Å². The van der Waals surface area contributed by atoms with E-state index in [9.17, 15) is 0 Å². The van der Waals surface area contributed by atoms with Crippen LogP contribution in [0.1, 0.15) is 46.6 Å². The van der Waals surface area contributed by atoms with Crippen molar-refractivity contribution in [3.63, 3.8) is 0 Å². The number of nitrogens with two attached hydrogens (primary N) is 1. The van der Waals surface area contributed by atoms with Crippen molar-refractivity contribution in [3.8, 4) is 0 Å². The van der Waals surface area contributed by atoms with Crippen molar-refractivity contribution in [2.45, 2.75) is 37.8 Å². The molecule has 3 heterocycles. The van der Waals surface area contributed by atoms with Gasteiger partial charge in [0.2, 0.25) is 0 Å². The second-order valence-electron chi connectivity index (χ2n) is 8.57. The van der Waals surface area contributed by atoms with Gasteiger partial charge in [0, 0.05) is 42.6 Å². The lowest BCUT2D eigenvalue weighted by Crippen LogP contribution is -2.37. The summed E-state index contributed by atoms with van der Waals surface area (Å²) >= 11 is 0. The van der Waals surface area contributed by atoms with Crippen LogP contribution in [-0.2, 0) is 24.1 Å². The number of nitrogens with one attached hydrogen (secondary N) is 2. The van der Waals surface area contributed by atoms with Crippen molar-refractivity contribution in [1.82, 2.24) is 15.3 Å². The normalized spacial score (nSPS) is 19.3. The van der Waals surface area contributed by atoms with E-state index in [0.29, 0.717) is 5.92 Å². The van der Waals surface area contributed by atoms with E-state index >= 15 is 0 Å². The molecule has 0 amide bonds. The van der Waals surface area contributed by atoms with Gasteiger partial charge in [0.15, 0.2) is 0 Å². The minimum Gasteiger partial charge on any atom is -0.483 e. The fourth-order valence-corrected chi connectivity index (χ4v) is 4.82. The molecule has 3 aromatic rings. The first-order valence-electron chi connectivity index (χ1n) is 11.5. The molecule has 1 aliphatic carbocycles. The zero-order chi connectivity index (χ0) is 23.0. The number of hydrogen-bond donors (Lipinski definition) is 4. The van der Waals surface area contributed by atoms with Crippen LogP contribution in [0.15, 0.2) is 60.9 Å². The minimum absolute atomic E-state index is 0.151. The Bertz CT molecular complexity index is 1060. The molecular formula is C26H31N5O2. The fraction of sp³-hybridized carbons (Fsp3) is 0.346. The molecule has 1 aromatic carbocycles. The Morgan fingerprint density at radius 1 is 1.18 bits per heavy atom. The number of carbonyl (C=O) groups is 1. The molecule has 5 N–H and O–H groups in total. The van der Waals surface area contributed by atoms with Crippen LogP contribution in [-0.4, -0.2) is 34.6 Å². The lowest BCUT2D eigenvalue weighted by molar-refractivity contribution is -0.122. The lowest BCUT2D eigenvalue weighted by Gasteiger charge is -2.33. The molecule has 3 atom stereocenters. The van der Waals surface area contributed by atoms with E-state index in [4.69, 9.17) is 15.6 Å². The average molecular weight is 446 g/mol. The summed E-state index contributed by atoms with van der Waals surface area (Å²) < 4.78 is 0. The van der Waals surface area contributed by atoms with Crippen molar-refractivity contribution in [3.05, 3.63) is 89.0 Å². The molecular weight excluding hydrogens is 414 g/mol. The number of aryl methyl sites for hydroxylation is 1. The van der Waals surface area contributed by atoms with E-state index in [1.807, 2.05) is 18.5 Å². The Morgan fingerprint density at radius 3 is 2.82 bits per heavy atom. The van der Waals surface area contributed by atoms with Crippen LogP contribution >= 0.6 is 0 Å². The van der Waals surface area contributed by atoms with Crippen LogP contribution in [0.5, 0.6) is 0 Å². The highest BCUT2D eigenvalue weighted by Gasteiger charge is 2.28. The summed E-state index contributed by atoms with van der Waals surface area (Å²) in [6, 6.07) is 17.6. The second kappa shape index (κ2) is 11.0. The number of fused-ring (bicyclic) bond motifs is 2. The number of hydrogen-bond acceptors (Lipinski definition) is 6. The predicted octanol–water partition coefficient (Wildman–Crippen LogP) is 3.28. The lowest BCUT2D eigenvalue weighted by atomic mass is 9.86. The fourth-order valence-electron chi connectivity index (χ4n) is 4.82. The molecule has 7 heteroatoms. The van der Waals surface area contributed by atoms with Gasteiger partial charge in [-0.15, -0.1) is 0 Å². The molecule has 1 aliphatic heterocycles. The van der Waals surface area contributed by atoms with Crippen LogP contribution in [0.3, 0.4) is 0 Å². The first-order valence-corrected chi connectivity index (χ1v) is 11.5. The Kier molecular flexibility index (Phi) is 7.65. The smallest absolute Gasteiger partial charge is 0.290 e.